The van der Waals surface area contributed by atoms with Gasteiger partial charge in [0.05, 0.1) is 12.8 Å². The summed E-state index contributed by atoms with van der Waals surface area (Å²) < 4.78 is 7.84. The van der Waals surface area contributed by atoms with Gasteiger partial charge in [-0.3, -0.25) is 14.2 Å². The summed E-state index contributed by atoms with van der Waals surface area (Å²) in [6, 6.07) is 15.0. The quantitative estimate of drug-likeness (QED) is 0.524. The topological polar surface area (TPSA) is 104 Å². The molecule has 4 rings (SSSR count). The summed E-state index contributed by atoms with van der Waals surface area (Å²) in [7, 11) is 1.58. The number of ether oxygens (including phenoxy) is 1. The summed E-state index contributed by atoms with van der Waals surface area (Å²) in [4.78, 5) is 29.3. The van der Waals surface area contributed by atoms with E-state index in [2.05, 4.69) is 20.6 Å². The number of rotatable bonds is 6. The van der Waals surface area contributed by atoms with Crippen molar-refractivity contribution in [2.75, 3.05) is 7.11 Å². The van der Waals surface area contributed by atoms with Crippen LogP contribution in [-0.4, -0.2) is 37.6 Å². The van der Waals surface area contributed by atoms with Crippen molar-refractivity contribution in [2.45, 2.75) is 20.0 Å². The molecule has 9 nitrogen and oxygen atoms in total. The van der Waals surface area contributed by atoms with Gasteiger partial charge in [-0.2, -0.15) is 4.68 Å². The van der Waals surface area contributed by atoms with E-state index in [4.69, 9.17) is 4.74 Å². The van der Waals surface area contributed by atoms with Gasteiger partial charge in [0.1, 0.15) is 18.6 Å². The maximum Gasteiger partial charge on any atom is 0.284 e. The Balaban J connectivity index is 1.51. The van der Waals surface area contributed by atoms with Gasteiger partial charge in [0, 0.05) is 6.54 Å². The molecule has 9 heteroatoms. The van der Waals surface area contributed by atoms with Crippen molar-refractivity contribution in [3.8, 4) is 11.4 Å². The van der Waals surface area contributed by atoms with Gasteiger partial charge in [-0.1, -0.05) is 35.0 Å². The van der Waals surface area contributed by atoms with Gasteiger partial charge in [-0.05, 0) is 36.8 Å². The molecule has 1 amide bonds. The van der Waals surface area contributed by atoms with Crippen LogP contribution in [0.2, 0.25) is 0 Å². The van der Waals surface area contributed by atoms with E-state index in [1.807, 2.05) is 31.2 Å². The van der Waals surface area contributed by atoms with Crippen LogP contribution < -0.4 is 15.6 Å². The Bertz CT molecular complexity index is 1240. The predicted molar refractivity (Wildman–Crippen MR) is 110 cm³/mol. The smallest absolute Gasteiger partial charge is 0.284 e. The number of amides is 1. The zero-order valence-corrected chi connectivity index (χ0v) is 16.6. The van der Waals surface area contributed by atoms with Crippen molar-refractivity contribution in [3.63, 3.8) is 0 Å². The van der Waals surface area contributed by atoms with Crippen LogP contribution in [0.1, 0.15) is 11.1 Å². The molecule has 0 unspecified atom stereocenters. The van der Waals surface area contributed by atoms with Gasteiger partial charge in [0.25, 0.3) is 5.56 Å². The fraction of sp³-hybridized carbons (Fsp3) is 0.190. The number of fused-ring (bicyclic) bond motifs is 1. The number of carbonyl (C=O) groups is 1. The molecule has 0 atom stereocenters. The molecule has 2 heterocycles. The van der Waals surface area contributed by atoms with E-state index in [0.29, 0.717) is 23.6 Å². The molecule has 0 bridgehead atoms. The van der Waals surface area contributed by atoms with Crippen LogP contribution in [0.25, 0.3) is 16.9 Å². The van der Waals surface area contributed by atoms with Crippen LogP contribution in [0, 0.1) is 6.92 Å². The average molecular weight is 404 g/mol. The minimum Gasteiger partial charge on any atom is -0.497 e. The first-order valence-electron chi connectivity index (χ1n) is 9.32. The lowest BCUT2D eigenvalue weighted by Gasteiger charge is -2.08. The normalized spacial score (nSPS) is 10.9. The molecule has 0 aliphatic carbocycles. The molecule has 0 saturated heterocycles. The zero-order valence-electron chi connectivity index (χ0n) is 16.6. The molecule has 1 N–H and O–H groups in total. The van der Waals surface area contributed by atoms with Crippen LogP contribution >= 0.6 is 0 Å². The minimum atomic E-state index is -0.426. The van der Waals surface area contributed by atoms with E-state index in [1.165, 1.54) is 15.6 Å². The molecule has 152 valence electrons. The molecule has 4 aromatic rings. The zero-order chi connectivity index (χ0) is 21.1. The highest BCUT2D eigenvalue weighted by Crippen LogP contribution is 2.16. The third-order valence-electron chi connectivity index (χ3n) is 4.67. The lowest BCUT2D eigenvalue weighted by Crippen LogP contribution is -2.32. The molecular formula is C21H20N6O3. The highest BCUT2D eigenvalue weighted by molar-refractivity contribution is 5.76. The number of hydrogen-bond acceptors (Lipinski definition) is 6. The average Bonchev–Trinajstić information content (AvgIpc) is 3.20. The van der Waals surface area contributed by atoms with Gasteiger partial charge in [-0.15, -0.1) is 5.10 Å². The predicted octanol–water partition coefficient (Wildman–Crippen LogP) is 1.61. The third-order valence-corrected chi connectivity index (χ3v) is 4.67. The molecule has 2 aromatic heterocycles. The Morgan fingerprint density at radius 1 is 1.10 bits per heavy atom. The lowest BCUT2D eigenvalue weighted by atomic mass is 10.1. The van der Waals surface area contributed by atoms with Crippen LogP contribution in [0.5, 0.6) is 5.75 Å². The van der Waals surface area contributed by atoms with Crippen molar-refractivity contribution >= 4 is 17.1 Å². The second-order valence-corrected chi connectivity index (χ2v) is 6.81. The number of aryl methyl sites for hydroxylation is 1. The fourth-order valence-corrected chi connectivity index (χ4v) is 2.97. The number of hydrogen-bond donors (Lipinski definition) is 1. The van der Waals surface area contributed by atoms with Gasteiger partial charge in [-0.25, -0.2) is 4.98 Å². The van der Waals surface area contributed by atoms with Gasteiger partial charge < -0.3 is 10.1 Å². The summed E-state index contributed by atoms with van der Waals surface area (Å²) in [5.74, 6) is 0.413. The van der Waals surface area contributed by atoms with Crippen LogP contribution in [0.15, 0.2) is 59.7 Å². The Morgan fingerprint density at radius 3 is 2.53 bits per heavy atom. The monoisotopic (exact) mass is 404 g/mol. The third kappa shape index (κ3) is 3.90. The Kier molecular flexibility index (Phi) is 5.25. The van der Waals surface area contributed by atoms with Crippen LogP contribution in [0.4, 0.5) is 0 Å². The summed E-state index contributed by atoms with van der Waals surface area (Å²) in [6.45, 7) is 2.24. The molecule has 2 aromatic carbocycles. The van der Waals surface area contributed by atoms with Gasteiger partial charge in [0.15, 0.2) is 11.2 Å². The highest BCUT2D eigenvalue weighted by Gasteiger charge is 2.15. The lowest BCUT2D eigenvalue weighted by molar-refractivity contribution is -0.121. The minimum absolute atomic E-state index is 0.0969. The number of benzene rings is 2. The molecule has 0 saturated carbocycles. The summed E-state index contributed by atoms with van der Waals surface area (Å²) in [5, 5.41) is 10.8. The van der Waals surface area contributed by atoms with Crippen molar-refractivity contribution in [2.24, 2.45) is 0 Å². The standard InChI is InChI=1S/C21H20N6O3/c1-14-3-5-15(6-4-14)11-22-18(28)12-26-13-23-20-19(21(26)29)24-25-27(20)16-7-9-17(30-2)10-8-16/h3-10,13H,11-12H2,1-2H3,(H,22,28). The van der Waals surface area contributed by atoms with E-state index in [9.17, 15) is 9.59 Å². The summed E-state index contributed by atoms with van der Waals surface area (Å²) >= 11 is 0. The number of carbonyl (C=O) groups excluding carboxylic acids is 1. The summed E-state index contributed by atoms with van der Waals surface area (Å²) in [6.07, 6.45) is 1.33. The number of aromatic nitrogens is 5. The van der Waals surface area contributed by atoms with Gasteiger partial charge >= 0.3 is 0 Å². The van der Waals surface area contributed by atoms with E-state index in [0.717, 1.165) is 11.1 Å². The fourth-order valence-electron chi connectivity index (χ4n) is 2.97. The number of nitrogens with one attached hydrogen (secondary N) is 1. The summed E-state index contributed by atoms with van der Waals surface area (Å²) in [5.41, 5.74) is 2.82. The molecule has 0 spiro atoms. The maximum atomic E-state index is 12.7. The van der Waals surface area contributed by atoms with Crippen LogP contribution in [0.3, 0.4) is 0 Å². The first-order valence-corrected chi connectivity index (χ1v) is 9.32. The van der Waals surface area contributed by atoms with E-state index in [-0.39, 0.29) is 18.0 Å². The second-order valence-electron chi connectivity index (χ2n) is 6.81. The molecule has 0 fully saturated rings. The Labute approximate surface area is 171 Å². The molecule has 30 heavy (non-hydrogen) atoms. The Morgan fingerprint density at radius 2 is 1.83 bits per heavy atom. The van der Waals surface area contributed by atoms with E-state index in [1.54, 1.807) is 31.4 Å². The largest absolute Gasteiger partial charge is 0.497 e. The van der Waals surface area contributed by atoms with Crippen molar-refractivity contribution < 1.29 is 9.53 Å². The van der Waals surface area contributed by atoms with Gasteiger partial charge in [0.2, 0.25) is 5.91 Å². The molecular weight excluding hydrogens is 384 g/mol. The van der Waals surface area contributed by atoms with E-state index >= 15 is 0 Å². The second kappa shape index (κ2) is 8.16. The number of nitrogens with zero attached hydrogens (tertiary/aromatic N) is 5. The van der Waals surface area contributed by atoms with Crippen molar-refractivity contribution in [1.82, 2.24) is 29.9 Å². The first-order chi connectivity index (χ1) is 14.5. The first kappa shape index (κ1) is 19.3. The molecule has 0 radical (unpaired) electrons. The number of methoxy groups -OCH3 is 1. The maximum absolute atomic E-state index is 12.7. The highest BCUT2D eigenvalue weighted by atomic mass is 16.5. The van der Waals surface area contributed by atoms with Crippen molar-refractivity contribution in [1.29, 1.82) is 0 Å². The van der Waals surface area contributed by atoms with E-state index < -0.39 is 5.56 Å². The molecule has 0 aliphatic heterocycles. The van der Waals surface area contributed by atoms with Crippen LogP contribution in [-0.2, 0) is 17.9 Å². The van der Waals surface area contributed by atoms with Crippen molar-refractivity contribution in [3.05, 3.63) is 76.3 Å². The SMILES string of the molecule is COc1ccc(-n2nnc3c(=O)n(CC(=O)NCc4ccc(C)cc4)cnc32)cc1. The molecule has 0 aliphatic rings. The Hall–Kier alpha value is -4.01.